The highest BCUT2D eigenvalue weighted by Gasteiger charge is 2.35. The molecular formula is C11H19N3O2. The van der Waals surface area contributed by atoms with Gasteiger partial charge in [0.15, 0.2) is 0 Å². The van der Waals surface area contributed by atoms with E-state index in [0.29, 0.717) is 13.0 Å². The maximum atomic E-state index is 12.1. The van der Waals surface area contributed by atoms with Crippen LogP contribution in [-0.2, 0) is 9.59 Å². The summed E-state index contributed by atoms with van der Waals surface area (Å²) in [4.78, 5) is 27.0. The lowest BCUT2D eigenvalue weighted by Crippen LogP contribution is -2.45. The molecule has 5 heteroatoms. The first kappa shape index (κ1) is 11.4. The van der Waals surface area contributed by atoms with Crippen molar-refractivity contribution in [2.75, 3.05) is 26.7 Å². The van der Waals surface area contributed by atoms with E-state index in [1.807, 2.05) is 4.90 Å². The molecule has 0 saturated carbocycles. The maximum absolute atomic E-state index is 12.1. The smallest absolute Gasteiger partial charge is 0.227 e. The van der Waals surface area contributed by atoms with Crippen molar-refractivity contribution in [1.29, 1.82) is 0 Å². The van der Waals surface area contributed by atoms with E-state index in [2.05, 4.69) is 0 Å². The molecule has 0 aromatic carbocycles. The van der Waals surface area contributed by atoms with E-state index in [4.69, 9.17) is 5.73 Å². The third-order valence-electron chi connectivity index (χ3n) is 3.54. The molecule has 1 atom stereocenters. The van der Waals surface area contributed by atoms with Gasteiger partial charge in [-0.25, -0.2) is 0 Å². The molecule has 5 nitrogen and oxygen atoms in total. The molecule has 90 valence electrons. The van der Waals surface area contributed by atoms with E-state index < -0.39 is 0 Å². The lowest BCUT2D eigenvalue weighted by molar-refractivity contribution is -0.136. The highest BCUT2D eigenvalue weighted by atomic mass is 16.2. The summed E-state index contributed by atoms with van der Waals surface area (Å²) in [5, 5.41) is 0. The summed E-state index contributed by atoms with van der Waals surface area (Å²) in [5.41, 5.74) is 5.79. The van der Waals surface area contributed by atoms with E-state index in [1.54, 1.807) is 11.9 Å². The number of carbonyl (C=O) groups is 2. The molecule has 0 aromatic heterocycles. The molecule has 2 amide bonds. The van der Waals surface area contributed by atoms with Crippen LogP contribution in [0, 0.1) is 5.92 Å². The Kier molecular flexibility index (Phi) is 3.14. The summed E-state index contributed by atoms with van der Waals surface area (Å²) >= 11 is 0. The predicted octanol–water partition coefficient (Wildman–Crippen LogP) is -0.586. The molecule has 2 fully saturated rings. The Morgan fingerprint density at radius 1 is 1.38 bits per heavy atom. The molecule has 1 unspecified atom stereocenters. The standard InChI is InChI=1S/C11H19N3O2/c1-13-7-8(6-10(13)15)11(16)14-4-2-9(12)3-5-14/h8-9H,2-7,12H2,1H3. The number of hydrogen-bond donors (Lipinski definition) is 1. The predicted molar refractivity (Wildman–Crippen MR) is 59.5 cm³/mol. The Hall–Kier alpha value is -1.10. The molecule has 16 heavy (non-hydrogen) atoms. The number of nitrogens with two attached hydrogens (primary N) is 1. The van der Waals surface area contributed by atoms with Crippen LogP contribution >= 0.6 is 0 Å². The molecule has 2 aliphatic heterocycles. The minimum atomic E-state index is -0.133. The molecule has 2 N–H and O–H groups in total. The monoisotopic (exact) mass is 225 g/mol. The van der Waals surface area contributed by atoms with Gasteiger partial charge in [-0.1, -0.05) is 0 Å². The van der Waals surface area contributed by atoms with Gasteiger partial charge in [-0.2, -0.15) is 0 Å². The fourth-order valence-corrected chi connectivity index (χ4v) is 2.41. The first-order valence-corrected chi connectivity index (χ1v) is 5.86. The van der Waals surface area contributed by atoms with Crippen molar-refractivity contribution >= 4 is 11.8 Å². The minimum Gasteiger partial charge on any atom is -0.345 e. The molecule has 0 aromatic rings. The van der Waals surface area contributed by atoms with Gasteiger partial charge in [-0.05, 0) is 12.8 Å². The number of hydrogen-bond acceptors (Lipinski definition) is 3. The summed E-state index contributed by atoms with van der Waals surface area (Å²) in [7, 11) is 1.75. The van der Waals surface area contributed by atoms with E-state index in [9.17, 15) is 9.59 Å². The zero-order valence-corrected chi connectivity index (χ0v) is 9.69. The van der Waals surface area contributed by atoms with E-state index >= 15 is 0 Å². The van der Waals surface area contributed by atoms with E-state index in [0.717, 1.165) is 25.9 Å². The quantitative estimate of drug-likeness (QED) is 0.649. The van der Waals surface area contributed by atoms with Crippen LogP contribution in [-0.4, -0.2) is 54.3 Å². The molecule has 0 spiro atoms. The van der Waals surface area contributed by atoms with Gasteiger partial charge in [0.2, 0.25) is 11.8 Å². The third-order valence-corrected chi connectivity index (χ3v) is 3.54. The van der Waals surface area contributed by atoms with Crippen LogP contribution in [0.5, 0.6) is 0 Å². The lowest BCUT2D eigenvalue weighted by Gasteiger charge is -2.31. The van der Waals surface area contributed by atoms with Crippen molar-refractivity contribution in [3.63, 3.8) is 0 Å². The Labute approximate surface area is 95.6 Å². The van der Waals surface area contributed by atoms with Gasteiger partial charge in [0.05, 0.1) is 5.92 Å². The van der Waals surface area contributed by atoms with Gasteiger partial charge in [0.25, 0.3) is 0 Å². The van der Waals surface area contributed by atoms with Gasteiger partial charge in [-0.15, -0.1) is 0 Å². The summed E-state index contributed by atoms with van der Waals surface area (Å²) in [6.45, 7) is 2.06. The fraction of sp³-hybridized carbons (Fsp3) is 0.818. The van der Waals surface area contributed by atoms with Crippen molar-refractivity contribution < 1.29 is 9.59 Å². The molecular weight excluding hydrogens is 206 g/mol. The van der Waals surface area contributed by atoms with Gasteiger partial charge in [0, 0.05) is 39.1 Å². The summed E-state index contributed by atoms with van der Waals surface area (Å²) in [6.07, 6.45) is 2.13. The average Bonchev–Trinajstić information content (AvgIpc) is 2.59. The Bertz CT molecular complexity index is 298. The van der Waals surface area contributed by atoms with E-state index in [-0.39, 0.29) is 23.8 Å². The topological polar surface area (TPSA) is 66.6 Å². The third kappa shape index (κ3) is 2.19. The summed E-state index contributed by atoms with van der Waals surface area (Å²) in [6, 6.07) is 0.233. The molecule has 2 aliphatic rings. The van der Waals surface area contributed by atoms with Crippen LogP contribution in [0.3, 0.4) is 0 Å². The van der Waals surface area contributed by atoms with Crippen molar-refractivity contribution in [2.45, 2.75) is 25.3 Å². The number of amides is 2. The second-order valence-corrected chi connectivity index (χ2v) is 4.84. The molecule has 2 heterocycles. The Balaban J connectivity index is 1.91. The van der Waals surface area contributed by atoms with Crippen LogP contribution in [0.1, 0.15) is 19.3 Å². The summed E-state index contributed by atoms with van der Waals surface area (Å²) in [5.74, 6) is 0.0727. The molecule has 2 rings (SSSR count). The zero-order valence-electron chi connectivity index (χ0n) is 9.69. The van der Waals surface area contributed by atoms with Gasteiger partial charge < -0.3 is 15.5 Å². The highest BCUT2D eigenvalue weighted by Crippen LogP contribution is 2.20. The SMILES string of the molecule is CN1CC(C(=O)N2CCC(N)CC2)CC1=O. The maximum Gasteiger partial charge on any atom is 0.227 e. The van der Waals surface area contributed by atoms with Crippen LogP contribution in [0.15, 0.2) is 0 Å². The Morgan fingerprint density at radius 3 is 2.50 bits per heavy atom. The highest BCUT2D eigenvalue weighted by molar-refractivity contribution is 5.89. The summed E-state index contributed by atoms with van der Waals surface area (Å²) < 4.78 is 0. The number of piperidine rings is 1. The fourth-order valence-electron chi connectivity index (χ4n) is 2.41. The molecule has 0 radical (unpaired) electrons. The number of carbonyl (C=O) groups excluding carboxylic acids is 2. The lowest BCUT2D eigenvalue weighted by atomic mass is 10.0. The molecule has 0 bridgehead atoms. The van der Waals surface area contributed by atoms with Crippen LogP contribution in [0.25, 0.3) is 0 Å². The van der Waals surface area contributed by atoms with Gasteiger partial charge >= 0.3 is 0 Å². The van der Waals surface area contributed by atoms with Gasteiger partial charge in [-0.3, -0.25) is 9.59 Å². The Morgan fingerprint density at radius 2 is 2.00 bits per heavy atom. The van der Waals surface area contributed by atoms with Crippen molar-refractivity contribution in [2.24, 2.45) is 11.7 Å². The van der Waals surface area contributed by atoms with Crippen molar-refractivity contribution in [3.8, 4) is 0 Å². The minimum absolute atomic E-state index is 0.0760. The second kappa shape index (κ2) is 4.41. The largest absolute Gasteiger partial charge is 0.345 e. The second-order valence-electron chi connectivity index (χ2n) is 4.84. The van der Waals surface area contributed by atoms with Gasteiger partial charge in [0.1, 0.15) is 0 Å². The number of nitrogens with zero attached hydrogens (tertiary/aromatic N) is 2. The zero-order chi connectivity index (χ0) is 11.7. The van der Waals surface area contributed by atoms with Crippen LogP contribution in [0.2, 0.25) is 0 Å². The first-order chi connectivity index (χ1) is 7.58. The number of likely N-dealkylation sites (tertiary alicyclic amines) is 2. The number of rotatable bonds is 1. The van der Waals surface area contributed by atoms with Crippen molar-refractivity contribution in [1.82, 2.24) is 9.80 Å². The normalized spacial score (nSPS) is 27.6. The van der Waals surface area contributed by atoms with Crippen LogP contribution in [0.4, 0.5) is 0 Å². The first-order valence-electron chi connectivity index (χ1n) is 5.86. The van der Waals surface area contributed by atoms with E-state index in [1.165, 1.54) is 0 Å². The van der Waals surface area contributed by atoms with Crippen molar-refractivity contribution in [3.05, 3.63) is 0 Å². The average molecular weight is 225 g/mol. The molecule has 2 saturated heterocycles. The van der Waals surface area contributed by atoms with Crippen LogP contribution < -0.4 is 5.73 Å². The molecule has 0 aliphatic carbocycles.